The molecule has 0 saturated heterocycles. The van der Waals surface area contributed by atoms with Crippen LogP contribution in [0.4, 0.5) is 5.82 Å². The number of nitriles is 1. The van der Waals surface area contributed by atoms with Gasteiger partial charge in [-0.3, -0.25) is 0 Å². The molecule has 0 aliphatic heterocycles. The smallest absolute Gasteiger partial charge is 0.145 e. The Morgan fingerprint density at radius 2 is 1.91 bits per heavy atom. The summed E-state index contributed by atoms with van der Waals surface area (Å²) in [5.41, 5.74) is 9.76. The van der Waals surface area contributed by atoms with E-state index in [4.69, 9.17) is 17.3 Å². The number of benzene rings is 2. The van der Waals surface area contributed by atoms with E-state index in [1.165, 1.54) is 0 Å². The fraction of sp³-hybridized carbons (Fsp3) is 0.0588. The van der Waals surface area contributed by atoms with Gasteiger partial charge in [-0.15, -0.1) is 0 Å². The fourth-order valence-corrected chi connectivity index (χ4v) is 2.43. The Kier molecular flexibility index (Phi) is 3.58. The van der Waals surface area contributed by atoms with Crippen molar-refractivity contribution in [1.29, 1.82) is 5.26 Å². The molecule has 3 rings (SSSR count). The summed E-state index contributed by atoms with van der Waals surface area (Å²) < 4.78 is 1.59. The Morgan fingerprint density at radius 1 is 1.18 bits per heavy atom. The van der Waals surface area contributed by atoms with Crippen LogP contribution < -0.4 is 5.73 Å². The van der Waals surface area contributed by atoms with Gasteiger partial charge in [0.05, 0.1) is 5.69 Å². The lowest BCUT2D eigenvalue weighted by Crippen LogP contribution is -2.02. The maximum Gasteiger partial charge on any atom is 0.145 e. The highest BCUT2D eigenvalue weighted by molar-refractivity contribution is 6.30. The topological polar surface area (TPSA) is 67.6 Å². The van der Waals surface area contributed by atoms with Crippen LogP contribution in [0.2, 0.25) is 5.02 Å². The third kappa shape index (κ3) is 2.43. The minimum atomic E-state index is 0.332. The quantitative estimate of drug-likeness (QED) is 0.779. The molecule has 4 nitrogen and oxygen atoms in total. The lowest BCUT2D eigenvalue weighted by molar-refractivity contribution is 0.893. The number of anilines is 1. The zero-order chi connectivity index (χ0) is 15.7. The van der Waals surface area contributed by atoms with Gasteiger partial charge in [-0.25, -0.2) is 4.68 Å². The first-order valence-corrected chi connectivity index (χ1v) is 7.09. The van der Waals surface area contributed by atoms with Crippen molar-refractivity contribution < 1.29 is 0 Å². The lowest BCUT2D eigenvalue weighted by atomic mass is 10.1. The van der Waals surface area contributed by atoms with Gasteiger partial charge in [0.25, 0.3) is 0 Å². The molecule has 0 unspecified atom stereocenters. The van der Waals surface area contributed by atoms with Crippen LogP contribution in [0.3, 0.4) is 0 Å². The van der Waals surface area contributed by atoms with E-state index < -0.39 is 0 Å². The molecule has 22 heavy (non-hydrogen) atoms. The van der Waals surface area contributed by atoms with Gasteiger partial charge < -0.3 is 5.73 Å². The first-order valence-electron chi connectivity index (χ1n) is 6.71. The first-order chi connectivity index (χ1) is 10.6. The summed E-state index contributed by atoms with van der Waals surface area (Å²) in [6, 6.07) is 17.1. The number of hydrogen-bond donors (Lipinski definition) is 1. The van der Waals surface area contributed by atoms with Crippen molar-refractivity contribution in [3.63, 3.8) is 0 Å². The van der Waals surface area contributed by atoms with Gasteiger partial charge in [0.1, 0.15) is 23.1 Å². The molecule has 5 heteroatoms. The molecule has 3 aromatic rings. The highest BCUT2D eigenvalue weighted by Crippen LogP contribution is 2.29. The molecule has 0 atom stereocenters. The Labute approximate surface area is 133 Å². The maximum atomic E-state index is 9.42. The molecule has 0 fully saturated rings. The highest BCUT2D eigenvalue weighted by atomic mass is 35.5. The van der Waals surface area contributed by atoms with Gasteiger partial charge in [-0.1, -0.05) is 35.9 Å². The Bertz CT molecular complexity index is 873. The third-order valence-electron chi connectivity index (χ3n) is 3.40. The van der Waals surface area contributed by atoms with Crippen molar-refractivity contribution in [1.82, 2.24) is 9.78 Å². The summed E-state index contributed by atoms with van der Waals surface area (Å²) in [5, 5.41) is 14.6. The summed E-state index contributed by atoms with van der Waals surface area (Å²) in [4.78, 5) is 0. The van der Waals surface area contributed by atoms with Gasteiger partial charge in [0.2, 0.25) is 0 Å². The third-order valence-corrected chi connectivity index (χ3v) is 3.65. The average molecular weight is 309 g/mol. The average Bonchev–Trinajstić information content (AvgIpc) is 2.85. The van der Waals surface area contributed by atoms with Crippen molar-refractivity contribution in [3.05, 3.63) is 64.7 Å². The second-order valence-electron chi connectivity index (χ2n) is 4.98. The van der Waals surface area contributed by atoms with Crippen LogP contribution in [0.1, 0.15) is 11.1 Å². The summed E-state index contributed by atoms with van der Waals surface area (Å²) in [6.07, 6.45) is 0. The van der Waals surface area contributed by atoms with Crippen molar-refractivity contribution in [2.24, 2.45) is 0 Å². The van der Waals surface area contributed by atoms with E-state index >= 15 is 0 Å². The molecular formula is C17H13ClN4. The summed E-state index contributed by atoms with van der Waals surface area (Å²) >= 11 is 5.91. The molecule has 2 N–H and O–H groups in total. The predicted octanol–water partition coefficient (Wildman–Crippen LogP) is 3.96. The van der Waals surface area contributed by atoms with E-state index in [0.29, 0.717) is 22.1 Å². The Balaban J connectivity index is 2.19. The second kappa shape index (κ2) is 5.55. The number of hydrogen-bond acceptors (Lipinski definition) is 3. The minimum Gasteiger partial charge on any atom is -0.382 e. The molecule has 0 spiro atoms. The molecule has 0 saturated carbocycles. The van der Waals surface area contributed by atoms with Crippen LogP contribution >= 0.6 is 11.6 Å². The number of rotatable bonds is 2. The van der Waals surface area contributed by atoms with Crippen LogP contribution in [0.25, 0.3) is 16.9 Å². The van der Waals surface area contributed by atoms with E-state index in [-0.39, 0.29) is 0 Å². The molecule has 1 heterocycles. The normalized spacial score (nSPS) is 10.4. The predicted molar refractivity (Wildman–Crippen MR) is 87.9 cm³/mol. The molecule has 1 aromatic heterocycles. The molecule has 108 valence electrons. The largest absolute Gasteiger partial charge is 0.382 e. The van der Waals surface area contributed by atoms with Crippen molar-refractivity contribution >= 4 is 17.4 Å². The van der Waals surface area contributed by atoms with Crippen molar-refractivity contribution in [3.8, 4) is 23.0 Å². The molecule has 2 aromatic carbocycles. The number of nitrogens with zero attached hydrogens (tertiary/aromatic N) is 3. The second-order valence-corrected chi connectivity index (χ2v) is 5.41. The Hall–Kier alpha value is -2.77. The molecule has 0 aliphatic rings. The summed E-state index contributed by atoms with van der Waals surface area (Å²) in [5.74, 6) is 0.332. The van der Waals surface area contributed by atoms with Gasteiger partial charge in [-0.05, 0) is 36.8 Å². The van der Waals surface area contributed by atoms with E-state index in [1.807, 2.05) is 43.3 Å². The number of nitrogen functional groups attached to an aromatic ring is 1. The van der Waals surface area contributed by atoms with E-state index in [0.717, 1.165) is 16.8 Å². The van der Waals surface area contributed by atoms with Gasteiger partial charge in [-0.2, -0.15) is 10.4 Å². The highest BCUT2D eigenvalue weighted by Gasteiger charge is 2.18. The number of aromatic nitrogens is 2. The van der Waals surface area contributed by atoms with Crippen LogP contribution in [0.15, 0.2) is 48.5 Å². The minimum absolute atomic E-state index is 0.332. The first kappa shape index (κ1) is 14.2. The lowest BCUT2D eigenvalue weighted by Gasteiger charge is -2.04. The van der Waals surface area contributed by atoms with Crippen LogP contribution in [0, 0.1) is 18.3 Å². The summed E-state index contributed by atoms with van der Waals surface area (Å²) in [7, 11) is 0. The van der Waals surface area contributed by atoms with Crippen molar-refractivity contribution in [2.75, 3.05) is 5.73 Å². The molecule has 0 bridgehead atoms. The van der Waals surface area contributed by atoms with E-state index in [9.17, 15) is 5.26 Å². The SMILES string of the molecule is Cc1cccc(-n2nc(-c3ccc(Cl)cc3)c(C#N)c2N)c1. The monoisotopic (exact) mass is 308 g/mol. The van der Waals surface area contributed by atoms with Crippen LogP contribution in [0.5, 0.6) is 0 Å². The zero-order valence-electron chi connectivity index (χ0n) is 11.9. The van der Waals surface area contributed by atoms with E-state index in [1.54, 1.807) is 16.8 Å². The molecule has 0 amide bonds. The molecule has 0 radical (unpaired) electrons. The van der Waals surface area contributed by atoms with Gasteiger partial charge in [0, 0.05) is 10.6 Å². The molecule has 0 aliphatic carbocycles. The van der Waals surface area contributed by atoms with Crippen molar-refractivity contribution in [2.45, 2.75) is 6.92 Å². The van der Waals surface area contributed by atoms with Crippen LogP contribution in [-0.2, 0) is 0 Å². The van der Waals surface area contributed by atoms with E-state index in [2.05, 4.69) is 11.2 Å². The number of aryl methyl sites for hydroxylation is 1. The Morgan fingerprint density at radius 3 is 2.55 bits per heavy atom. The molecular weight excluding hydrogens is 296 g/mol. The fourth-order valence-electron chi connectivity index (χ4n) is 2.31. The van der Waals surface area contributed by atoms with Gasteiger partial charge >= 0.3 is 0 Å². The summed E-state index contributed by atoms with van der Waals surface area (Å²) in [6.45, 7) is 1.99. The maximum absolute atomic E-state index is 9.42. The standard InChI is InChI=1S/C17H13ClN4/c1-11-3-2-4-14(9-11)22-17(20)15(10-19)16(21-22)12-5-7-13(18)8-6-12/h2-9H,20H2,1H3. The van der Waals surface area contributed by atoms with Crippen LogP contribution in [-0.4, -0.2) is 9.78 Å². The van der Waals surface area contributed by atoms with Gasteiger partial charge in [0.15, 0.2) is 0 Å². The zero-order valence-corrected chi connectivity index (χ0v) is 12.7. The number of halogens is 1. The number of nitrogens with two attached hydrogens (primary N) is 1.